The minimum absolute atomic E-state index is 0.170. The molecule has 0 saturated carbocycles. The molecular weight excluding hydrogens is 292 g/mol. The van der Waals surface area contributed by atoms with Crippen LogP contribution in [0.15, 0.2) is 42.5 Å². The Balaban J connectivity index is 1.76. The summed E-state index contributed by atoms with van der Waals surface area (Å²) in [6, 6.07) is 13.1. The van der Waals surface area contributed by atoms with Gasteiger partial charge in [-0.3, -0.25) is 14.5 Å². The fourth-order valence-electron chi connectivity index (χ4n) is 2.86. The molecule has 0 saturated heterocycles. The average Bonchev–Trinajstić information content (AvgIpc) is 3.10. The van der Waals surface area contributed by atoms with Gasteiger partial charge in [-0.15, -0.1) is 5.10 Å². The van der Waals surface area contributed by atoms with Crippen LogP contribution in [0.25, 0.3) is 11.0 Å². The zero-order valence-electron chi connectivity index (χ0n) is 12.6. The summed E-state index contributed by atoms with van der Waals surface area (Å²) in [6.45, 7) is 2.19. The molecule has 0 fully saturated rings. The highest BCUT2D eigenvalue weighted by molar-refractivity contribution is 6.52. The number of nitrogens with zero attached hydrogens (tertiary/aromatic N) is 4. The van der Waals surface area contributed by atoms with Crippen molar-refractivity contribution in [1.29, 1.82) is 0 Å². The molecule has 1 aliphatic rings. The highest BCUT2D eigenvalue weighted by atomic mass is 16.2. The van der Waals surface area contributed by atoms with E-state index in [9.17, 15) is 9.59 Å². The number of hydrogen-bond donors (Lipinski definition) is 0. The Labute approximate surface area is 132 Å². The molecule has 1 amide bonds. The number of rotatable bonds is 3. The summed E-state index contributed by atoms with van der Waals surface area (Å²) in [5, 5.41) is 8.16. The van der Waals surface area contributed by atoms with Gasteiger partial charge in [0.05, 0.1) is 16.8 Å². The maximum Gasteiger partial charge on any atom is 0.301 e. The van der Waals surface area contributed by atoms with Crippen molar-refractivity contribution in [3.63, 3.8) is 0 Å². The van der Waals surface area contributed by atoms with Crippen LogP contribution in [0.1, 0.15) is 22.8 Å². The number of aryl methyl sites for hydroxylation is 1. The molecule has 0 unspecified atom stereocenters. The van der Waals surface area contributed by atoms with Crippen LogP contribution in [-0.2, 0) is 17.9 Å². The Bertz CT molecular complexity index is 945. The van der Waals surface area contributed by atoms with Crippen LogP contribution in [0.3, 0.4) is 0 Å². The van der Waals surface area contributed by atoms with Crippen molar-refractivity contribution in [3.8, 4) is 0 Å². The van der Waals surface area contributed by atoms with Gasteiger partial charge >= 0.3 is 5.91 Å². The average molecular weight is 306 g/mol. The summed E-state index contributed by atoms with van der Waals surface area (Å²) in [4.78, 5) is 26.0. The van der Waals surface area contributed by atoms with E-state index in [2.05, 4.69) is 10.3 Å². The van der Waals surface area contributed by atoms with Crippen LogP contribution in [0, 0.1) is 0 Å². The normalized spacial score (nSPS) is 13.9. The number of benzene rings is 2. The lowest BCUT2D eigenvalue weighted by Gasteiger charge is -2.16. The summed E-state index contributed by atoms with van der Waals surface area (Å²) in [5.41, 5.74) is 3.73. The number of ketones is 1. The molecule has 2 aromatic carbocycles. The van der Waals surface area contributed by atoms with Crippen LogP contribution in [0.2, 0.25) is 0 Å². The van der Waals surface area contributed by atoms with Crippen LogP contribution in [0.4, 0.5) is 5.69 Å². The second-order valence-corrected chi connectivity index (χ2v) is 5.49. The van der Waals surface area contributed by atoms with Gasteiger partial charge in [-0.05, 0) is 36.2 Å². The summed E-state index contributed by atoms with van der Waals surface area (Å²) < 4.78 is 1.63. The van der Waals surface area contributed by atoms with Crippen LogP contribution in [-0.4, -0.2) is 26.7 Å². The van der Waals surface area contributed by atoms with Crippen molar-refractivity contribution in [3.05, 3.63) is 53.6 Å². The molecule has 1 aliphatic heterocycles. The second kappa shape index (κ2) is 5.01. The Morgan fingerprint density at radius 2 is 1.91 bits per heavy atom. The number of fused-ring (bicyclic) bond motifs is 2. The highest BCUT2D eigenvalue weighted by Gasteiger charge is 2.36. The molecule has 0 aliphatic carbocycles. The monoisotopic (exact) mass is 306 g/mol. The van der Waals surface area contributed by atoms with Crippen LogP contribution < -0.4 is 4.90 Å². The van der Waals surface area contributed by atoms with Crippen molar-refractivity contribution in [2.45, 2.75) is 20.0 Å². The number of carbonyl (C=O) groups excluding carboxylic acids is 2. The first-order valence-corrected chi connectivity index (χ1v) is 7.46. The number of hydrogen-bond acceptors (Lipinski definition) is 4. The molecule has 0 radical (unpaired) electrons. The minimum Gasteiger partial charge on any atom is -0.285 e. The smallest absolute Gasteiger partial charge is 0.285 e. The van der Waals surface area contributed by atoms with Crippen LogP contribution in [0.5, 0.6) is 0 Å². The van der Waals surface area contributed by atoms with E-state index >= 15 is 0 Å². The lowest BCUT2D eigenvalue weighted by atomic mass is 10.1. The molecule has 2 heterocycles. The van der Waals surface area contributed by atoms with Crippen LogP contribution >= 0.6 is 0 Å². The number of Topliss-reactive ketones (excluding diaryl/α,β-unsaturated/α-hetero) is 1. The van der Waals surface area contributed by atoms with Gasteiger partial charge in [-0.1, -0.05) is 30.3 Å². The topological polar surface area (TPSA) is 68.1 Å². The predicted octanol–water partition coefficient (Wildman–Crippen LogP) is 2.18. The maximum absolute atomic E-state index is 12.3. The highest BCUT2D eigenvalue weighted by Crippen LogP contribution is 2.30. The third kappa shape index (κ3) is 2.03. The third-order valence-corrected chi connectivity index (χ3v) is 4.14. The van der Waals surface area contributed by atoms with Gasteiger partial charge in [0.1, 0.15) is 12.2 Å². The van der Waals surface area contributed by atoms with E-state index in [0.29, 0.717) is 11.3 Å². The van der Waals surface area contributed by atoms with Gasteiger partial charge in [-0.2, -0.15) is 0 Å². The van der Waals surface area contributed by atoms with E-state index in [-0.39, 0.29) is 6.67 Å². The Kier molecular flexibility index (Phi) is 2.97. The molecule has 0 bridgehead atoms. The summed E-state index contributed by atoms with van der Waals surface area (Å²) in [6.07, 6.45) is 0.822. The fourth-order valence-corrected chi connectivity index (χ4v) is 2.86. The molecule has 6 heteroatoms. The van der Waals surface area contributed by atoms with Gasteiger partial charge in [0, 0.05) is 0 Å². The molecule has 0 N–H and O–H groups in total. The maximum atomic E-state index is 12.3. The number of amides is 1. The quantitative estimate of drug-likeness (QED) is 0.696. The molecule has 6 nitrogen and oxygen atoms in total. The second-order valence-electron chi connectivity index (χ2n) is 5.49. The number of carbonyl (C=O) groups is 2. The minimum atomic E-state index is -0.521. The van der Waals surface area contributed by atoms with Gasteiger partial charge < -0.3 is 0 Å². The van der Waals surface area contributed by atoms with Gasteiger partial charge in [0.25, 0.3) is 5.78 Å². The fraction of sp³-hybridized carbons (Fsp3) is 0.176. The number of anilines is 1. The molecule has 3 aromatic rings. The van der Waals surface area contributed by atoms with E-state index in [1.54, 1.807) is 10.7 Å². The lowest BCUT2D eigenvalue weighted by molar-refractivity contribution is -0.114. The van der Waals surface area contributed by atoms with Crippen molar-refractivity contribution in [2.75, 3.05) is 4.90 Å². The summed E-state index contributed by atoms with van der Waals surface area (Å²) >= 11 is 0. The molecule has 0 atom stereocenters. The van der Waals surface area contributed by atoms with E-state index in [0.717, 1.165) is 23.0 Å². The SMILES string of the molecule is CCc1ccc2c(c1)C(=O)C(=O)N2Cn1nnc2ccccc21. The predicted molar refractivity (Wildman–Crippen MR) is 85.2 cm³/mol. The molecule has 114 valence electrons. The first kappa shape index (κ1) is 13.6. The molecule has 0 spiro atoms. The third-order valence-electron chi connectivity index (χ3n) is 4.14. The van der Waals surface area contributed by atoms with Crippen molar-refractivity contribution < 1.29 is 9.59 Å². The zero-order chi connectivity index (χ0) is 16.0. The largest absolute Gasteiger partial charge is 0.301 e. The number of aromatic nitrogens is 3. The van der Waals surface area contributed by atoms with Gasteiger partial charge in [-0.25, -0.2) is 4.68 Å². The van der Waals surface area contributed by atoms with E-state index in [1.807, 2.05) is 43.3 Å². The molecule has 4 rings (SSSR count). The lowest BCUT2D eigenvalue weighted by Crippen LogP contribution is -2.32. The van der Waals surface area contributed by atoms with E-state index in [1.165, 1.54) is 4.90 Å². The molecular formula is C17H14N4O2. The first-order valence-electron chi connectivity index (χ1n) is 7.46. The zero-order valence-corrected chi connectivity index (χ0v) is 12.6. The molecule has 1 aromatic heterocycles. The van der Waals surface area contributed by atoms with E-state index in [4.69, 9.17) is 0 Å². The Hall–Kier alpha value is -3.02. The van der Waals surface area contributed by atoms with Gasteiger partial charge in [0.15, 0.2) is 0 Å². The first-order chi connectivity index (χ1) is 11.2. The van der Waals surface area contributed by atoms with Crippen molar-refractivity contribution in [1.82, 2.24) is 15.0 Å². The summed E-state index contributed by atoms with van der Waals surface area (Å²) in [5.74, 6) is -0.979. The standard InChI is InChI=1S/C17H14N4O2/c1-2-11-7-8-14-12(9-11)16(22)17(23)20(14)10-21-15-6-4-3-5-13(15)18-19-21/h3-9H,2,10H2,1H3. The summed E-state index contributed by atoms with van der Waals surface area (Å²) in [7, 11) is 0. The Morgan fingerprint density at radius 3 is 2.74 bits per heavy atom. The molecule has 23 heavy (non-hydrogen) atoms. The van der Waals surface area contributed by atoms with Crippen molar-refractivity contribution >= 4 is 28.4 Å². The van der Waals surface area contributed by atoms with Gasteiger partial charge in [0.2, 0.25) is 0 Å². The van der Waals surface area contributed by atoms with Crippen molar-refractivity contribution in [2.24, 2.45) is 0 Å². The number of para-hydroxylation sites is 1. The van der Waals surface area contributed by atoms with E-state index < -0.39 is 11.7 Å². The Morgan fingerprint density at radius 1 is 1.09 bits per heavy atom.